The van der Waals surface area contributed by atoms with Gasteiger partial charge in [0.2, 0.25) is 34.8 Å². The predicted molar refractivity (Wildman–Crippen MR) is 116 cm³/mol. The van der Waals surface area contributed by atoms with E-state index in [1.165, 1.54) is 22.8 Å². The van der Waals surface area contributed by atoms with Crippen LogP contribution in [0.3, 0.4) is 0 Å². The van der Waals surface area contributed by atoms with E-state index < -0.39 is 55.4 Å². The van der Waals surface area contributed by atoms with E-state index in [9.17, 15) is 35.2 Å². The van der Waals surface area contributed by atoms with Crippen LogP contribution in [0.15, 0.2) is 62.7 Å². The molecule has 34 heavy (non-hydrogen) atoms. The van der Waals surface area contributed by atoms with Crippen molar-refractivity contribution in [1.82, 2.24) is 4.57 Å². The monoisotopic (exact) mass is 579 g/mol. The molecule has 0 fully saturated rings. The van der Waals surface area contributed by atoms with E-state index >= 15 is 0 Å². The van der Waals surface area contributed by atoms with Gasteiger partial charge in [-0.2, -0.15) is 17.2 Å². The van der Waals surface area contributed by atoms with Crippen molar-refractivity contribution >= 4 is 48.6 Å². The molecule has 3 aromatic carbocycles. The standard InChI is InChI=1S/C21H8BrClF5NO4S/c22-12-8-10(23)2-4-14(12)29-13-5-3-11(7-9(13)1-6-15(29)30)34(31,32)33-21-19(27)17(25)16(24)18(26)20(21)28/h1-8H. The Morgan fingerprint density at radius 3 is 2.06 bits per heavy atom. The molecule has 0 amide bonds. The van der Waals surface area contributed by atoms with Gasteiger partial charge in [-0.1, -0.05) is 11.6 Å². The molecule has 4 rings (SSSR count). The summed E-state index contributed by atoms with van der Waals surface area (Å²) in [6.07, 6.45) is 0. The van der Waals surface area contributed by atoms with Gasteiger partial charge in [-0.25, -0.2) is 13.2 Å². The van der Waals surface area contributed by atoms with Crippen LogP contribution in [0.2, 0.25) is 5.02 Å². The fraction of sp³-hybridized carbons (Fsp3) is 0. The molecule has 0 N–H and O–H groups in total. The van der Waals surface area contributed by atoms with Gasteiger partial charge < -0.3 is 4.18 Å². The van der Waals surface area contributed by atoms with Gasteiger partial charge in [0.25, 0.3) is 5.56 Å². The van der Waals surface area contributed by atoms with Crippen LogP contribution in [0.4, 0.5) is 22.0 Å². The predicted octanol–water partition coefficient (Wildman–Crippen LogP) is 5.87. The van der Waals surface area contributed by atoms with E-state index in [-0.39, 0.29) is 10.9 Å². The zero-order valence-electron chi connectivity index (χ0n) is 16.3. The largest absolute Gasteiger partial charge is 0.372 e. The number of halogens is 7. The number of benzene rings is 3. The number of hydrogen-bond acceptors (Lipinski definition) is 4. The third-order valence-corrected chi connectivity index (χ3v) is 6.76. The minimum Gasteiger partial charge on any atom is -0.372 e. The lowest BCUT2D eigenvalue weighted by atomic mass is 10.2. The van der Waals surface area contributed by atoms with Gasteiger partial charge in [0, 0.05) is 20.9 Å². The Morgan fingerprint density at radius 1 is 0.824 bits per heavy atom. The molecule has 0 atom stereocenters. The summed E-state index contributed by atoms with van der Waals surface area (Å²) in [6.45, 7) is 0. The Balaban J connectivity index is 1.84. The zero-order chi connectivity index (χ0) is 24.9. The lowest BCUT2D eigenvalue weighted by Crippen LogP contribution is -2.18. The van der Waals surface area contributed by atoms with Crippen molar-refractivity contribution in [2.24, 2.45) is 0 Å². The highest BCUT2D eigenvalue weighted by molar-refractivity contribution is 9.10. The Bertz CT molecular complexity index is 1630. The first-order valence-electron chi connectivity index (χ1n) is 8.99. The maximum Gasteiger partial charge on any atom is 0.339 e. The molecule has 0 bridgehead atoms. The van der Waals surface area contributed by atoms with Crippen LogP contribution in [0.1, 0.15) is 0 Å². The molecule has 176 valence electrons. The number of aromatic nitrogens is 1. The summed E-state index contributed by atoms with van der Waals surface area (Å²) in [5, 5.41) is 0.575. The smallest absolute Gasteiger partial charge is 0.339 e. The van der Waals surface area contributed by atoms with E-state index in [4.69, 9.17) is 11.6 Å². The quantitative estimate of drug-likeness (QED) is 0.131. The SMILES string of the molecule is O=c1ccc2cc(S(=O)(=O)Oc3c(F)c(F)c(F)c(F)c3F)ccc2n1-c1ccc(Cl)cc1Br. The molecule has 0 aliphatic heterocycles. The van der Waals surface area contributed by atoms with Crippen LogP contribution in [0.25, 0.3) is 16.6 Å². The Morgan fingerprint density at radius 2 is 1.44 bits per heavy atom. The molecule has 0 unspecified atom stereocenters. The van der Waals surface area contributed by atoms with Gasteiger partial charge in [0.05, 0.1) is 11.2 Å². The fourth-order valence-corrected chi connectivity index (χ4v) is 4.93. The van der Waals surface area contributed by atoms with Crippen molar-refractivity contribution in [2.45, 2.75) is 4.90 Å². The highest BCUT2D eigenvalue weighted by atomic mass is 79.9. The first kappa shape index (κ1) is 24.2. The molecule has 0 aliphatic carbocycles. The Kier molecular flexibility index (Phi) is 6.17. The Hall–Kier alpha value is -2.96. The molecule has 1 aromatic heterocycles. The van der Waals surface area contributed by atoms with Crippen LogP contribution in [-0.4, -0.2) is 13.0 Å². The Labute approximate surface area is 201 Å². The topological polar surface area (TPSA) is 65.4 Å². The first-order chi connectivity index (χ1) is 15.9. The van der Waals surface area contributed by atoms with E-state index in [0.29, 0.717) is 15.2 Å². The van der Waals surface area contributed by atoms with Crippen LogP contribution >= 0.6 is 27.5 Å². The second kappa shape index (κ2) is 8.67. The number of rotatable bonds is 4. The third-order valence-electron chi connectivity index (χ3n) is 4.67. The van der Waals surface area contributed by atoms with Crippen molar-refractivity contribution in [2.75, 3.05) is 0 Å². The van der Waals surface area contributed by atoms with E-state index in [2.05, 4.69) is 20.1 Å². The first-order valence-corrected chi connectivity index (χ1v) is 11.6. The summed E-state index contributed by atoms with van der Waals surface area (Å²) in [4.78, 5) is 11.9. The molecule has 0 saturated heterocycles. The van der Waals surface area contributed by atoms with E-state index in [0.717, 1.165) is 18.2 Å². The average Bonchev–Trinajstić information content (AvgIpc) is 2.79. The van der Waals surface area contributed by atoms with Crippen molar-refractivity contribution in [3.63, 3.8) is 0 Å². The summed E-state index contributed by atoms with van der Waals surface area (Å²) in [7, 11) is -5.05. The van der Waals surface area contributed by atoms with Crippen molar-refractivity contribution in [3.05, 3.63) is 97.5 Å². The number of hydrogen-bond donors (Lipinski definition) is 0. The maximum atomic E-state index is 13.9. The minimum atomic E-state index is -5.05. The second-order valence-corrected chi connectivity index (χ2v) is 9.60. The van der Waals surface area contributed by atoms with Crippen LogP contribution in [0.5, 0.6) is 5.75 Å². The van der Waals surface area contributed by atoms with Gasteiger partial charge in [-0.15, -0.1) is 0 Å². The molecule has 4 aromatic rings. The lowest BCUT2D eigenvalue weighted by Gasteiger charge is -2.14. The summed E-state index contributed by atoms with van der Waals surface area (Å²) in [5.74, 6) is -14.0. The normalized spacial score (nSPS) is 11.7. The molecule has 5 nitrogen and oxygen atoms in total. The van der Waals surface area contributed by atoms with Gasteiger partial charge in [0.15, 0.2) is 0 Å². The summed E-state index contributed by atoms with van der Waals surface area (Å²) in [6, 6.07) is 10.2. The fourth-order valence-electron chi connectivity index (χ4n) is 3.11. The van der Waals surface area contributed by atoms with E-state index in [1.54, 1.807) is 12.1 Å². The highest BCUT2D eigenvalue weighted by Gasteiger charge is 2.31. The molecular formula is C21H8BrClF5NO4S. The van der Waals surface area contributed by atoms with Gasteiger partial charge in [-0.3, -0.25) is 9.36 Å². The van der Waals surface area contributed by atoms with Crippen LogP contribution < -0.4 is 9.74 Å². The van der Waals surface area contributed by atoms with Crippen molar-refractivity contribution in [1.29, 1.82) is 0 Å². The molecule has 13 heteroatoms. The number of nitrogens with zero attached hydrogens (tertiary/aromatic N) is 1. The van der Waals surface area contributed by atoms with Gasteiger partial charge in [-0.05, 0) is 58.4 Å². The summed E-state index contributed by atoms with van der Waals surface area (Å²) < 4.78 is 99.0. The molecule has 0 saturated carbocycles. The summed E-state index contributed by atoms with van der Waals surface area (Å²) in [5.41, 5.74) is 0.155. The second-order valence-electron chi connectivity index (χ2n) is 6.76. The molecule has 1 heterocycles. The maximum absolute atomic E-state index is 13.9. The van der Waals surface area contributed by atoms with Crippen molar-refractivity contribution < 1.29 is 34.6 Å². The molecule has 0 spiro atoms. The van der Waals surface area contributed by atoms with Crippen LogP contribution in [-0.2, 0) is 10.1 Å². The summed E-state index contributed by atoms with van der Waals surface area (Å²) >= 11 is 9.23. The lowest BCUT2D eigenvalue weighted by molar-refractivity contribution is 0.346. The average molecular weight is 581 g/mol. The van der Waals surface area contributed by atoms with E-state index in [1.807, 2.05) is 0 Å². The third kappa shape index (κ3) is 4.05. The van der Waals surface area contributed by atoms with Crippen LogP contribution in [0, 0.1) is 29.1 Å². The van der Waals surface area contributed by atoms with Gasteiger partial charge >= 0.3 is 10.1 Å². The molecular weight excluding hydrogens is 573 g/mol. The van der Waals surface area contributed by atoms with Crippen molar-refractivity contribution in [3.8, 4) is 11.4 Å². The minimum absolute atomic E-state index is 0.184. The number of fused-ring (bicyclic) bond motifs is 1. The molecule has 0 aliphatic rings. The zero-order valence-corrected chi connectivity index (χ0v) is 19.4. The van der Waals surface area contributed by atoms with Gasteiger partial charge in [0.1, 0.15) is 4.90 Å². The molecule has 0 radical (unpaired) electrons. The number of pyridine rings is 1. The highest BCUT2D eigenvalue weighted by Crippen LogP contribution is 2.32.